The molecule has 8 nitrogen and oxygen atoms in total. The van der Waals surface area contributed by atoms with Crippen molar-refractivity contribution in [2.75, 3.05) is 31.7 Å². The smallest absolute Gasteiger partial charge is 0.408 e. The van der Waals surface area contributed by atoms with Gasteiger partial charge in [0.2, 0.25) is 0 Å². The van der Waals surface area contributed by atoms with Gasteiger partial charge in [0.1, 0.15) is 12.0 Å². The molecular weight excluding hydrogens is 431 g/mol. The fourth-order valence-electron chi connectivity index (χ4n) is 4.35. The van der Waals surface area contributed by atoms with Crippen LogP contribution >= 0.6 is 0 Å². The summed E-state index contributed by atoms with van der Waals surface area (Å²) in [5, 5.41) is 3.05. The zero-order valence-corrected chi connectivity index (χ0v) is 20.0. The molecule has 1 heterocycles. The van der Waals surface area contributed by atoms with E-state index in [0.717, 1.165) is 19.3 Å². The topological polar surface area (TPSA) is 94.2 Å². The van der Waals surface area contributed by atoms with E-state index in [4.69, 9.17) is 14.2 Å². The summed E-state index contributed by atoms with van der Waals surface area (Å²) in [5.74, 6) is -1.99. The minimum Gasteiger partial charge on any atom is -0.492 e. The van der Waals surface area contributed by atoms with Crippen molar-refractivity contribution in [3.63, 3.8) is 0 Å². The van der Waals surface area contributed by atoms with Gasteiger partial charge in [-0.1, -0.05) is 0 Å². The minimum absolute atomic E-state index is 0.0321. The van der Waals surface area contributed by atoms with Crippen molar-refractivity contribution in [3.05, 3.63) is 23.5 Å². The highest BCUT2D eigenvalue weighted by atomic mass is 19.1. The molecular formula is C24H33FN2O6. The third-order valence-electron chi connectivity index (χ3n) is 6.04. The van der Waals surface area contributed by atoms with E-state index in [1.54, 1.807) is 13.0 Å². The number of nitrogens with zero attached hydrogens (tertiary/aromatic N) is 1. The number of anilines is 1. The molecule has 0 aromatic heterocycles. The van der Waals surface area contributed by atoms with Crippen molar-refractivity contribution in [1.82, 2.24) is 5.32 Å². The van der Waals surface area contributed by atoms with Gasteiger partial charge in [-0.25, -0.2) is 9.18 Å². The number of esters is 1. The van der Waals surface area contributed by atoms with Gasteiger partial charge in [-0.05, 0) is 59.1 Å². The van der Waals surface area contributed by atoms with Gasteiger partial charge in [-0.15, -0.1) is 0 Å². The fraction of sp³-hybridized carbons (Fsp3) is 0.625. The van der Waals surface area contributed by atoms with Crippen LogP contribution in [0, 0.1) is 11.7 Å². The third-order valence-corrected chi connectivity index (χ3v) is 6.04. The molecule has 0 radical (unpaired) electrons. The second kappa shape index (κ2) is 9.57. The standard InChI is InChI=1S/C24H33FN2O6/c1-6-32-19(29)13-18(28)16-7-8-17(21(31-5)20(16)25)27-12-9-15(14-27)24(10-11-24)26-22(30)33-23(2,3)4/h7-8,15H,6,9-14H2,1-5H3,(H,26,30)/t15-/m1/s1. The van der Waals surface area contributed by atoms with Crippen LogP contribution in [0.1, 0.15) is 63.7 Å². The van der Waals surface area contributed by atoms with E-state index in [-0.39, 0.29) is 29.4 Å². The normalized spacial score (nSPS) is 19.1. The van der Waals surface area contributed by atoms with Gasteiger partial charge in [0.25, 0.3) is 0 Å². The quantitative estimate of drug-likeness (QED) is 0.355. The SMILES string of the molecule is CCOC(=O)CC(=O)c1ccc(N2CC[C@@H](C3(NC(=O)OC(C)(C)C)CC3)C2)c(OC)c1F. The Kier molecular flexibility index (Phi) is 7.19. The number of methoxy groups -OCH3 is 1. The molecule has 9 heteroatoms. The van der Waals surface area contributed by atoms with Crippen LogP contribution in [0.4, 0.5) is 14.9 Å². The first-order chi connectivity index (χ1) is 15.5. The van der Waals surface area contributed by atoms with Crippen LogP contribution in [0.3, 0.4) is 0 Å². The summed E-state index contributed by atoms with van der Waals surface area (Å²) in [6.07, 6.45) is 1.61. The maximum Gasteiger partial charge on any atom is 0.408 e. The zero-order valence-electron chi connectivity index (χ0n) is 20.0. The number of rotatable bonds is 8. The number of hydrogen-bond donors (Lipinski definition) is 1. The van der Waals surface area contributed by atoms with Crippen LogP contribution in [0.25, 0.3) is 0 Å². The predicted octanol–water partition coefficient (Wildman–Crippen LogP) is 3.85. The van der Waals surface area contributed by atoms with Crippen LogP contribution in [0.2, 0.25) is 0 Å². The average molecular weight is 465 g/mol. The lowest BCUT2D eigenvalue weighted by Gasteiger charge is -2.28. The number of amides is 1. The van der Waals surface area contributed by atoms with Gasteiger partial charge < -0.3 is 24.4 Å². The van der Waals surface area contributed by atoms with Gasteiger partial charge >= 0.3 is 12.1 Å². The number of Topliss-reactive ketones (excluding diaryl/α,β-unsaturated/α-hetero) is 1. The first-order valence-electron chi connectivity index (χ1n) is 11.3. The second-order valence-electron chi connectivity index (χ2n) is 9.60. The highest BCUT2D eigenvalue weighted by molar-refractivity contribution is 6.06. The van der Waals surface area contributed by atoms with Crippen molar-refractivity contribution < 1.29 is 33.0 Å². The summed E-state index contributed by atoms with van der Waals surface area (Å²) in [5.41, 5.74) is -0.541. The van der Waals surface area contributed by atoms with Gasteiger partial charge in [0, 0.05) is 24.5 Å². The number of hydrogen-bond acceptors (Lipinski definition) is 7. The summed E-state index contributed by atoms with van der Waals surface area (Å²) in [4.78, 5) is 38.3. The number of nitrogens with one attached hydrogen (secondary N) is 1. The fourth-order valence-corrected chi connectivity index (χ4v) is 4.35. The number of carbonyl (C=O) groups excluding carboxylic acids is 3. The van der Waals surface area contributed by atoms with Gasteiger partial charge in [0.15, 0.2) is 17.3 Å². The van der Waals surface area contributed by atoms with Crippen molar-refractivity contribution in [3.8, 4) is 5.75 Å². The third kappa shape index (κ3) is 5.75. The molecule has 33 heavy (non-hydrogen) atoms. The lowest BCUT2D eigenvalue weighted by Crippen LogP contribution is -2.45. The first kappa shape index (κ1) is 24.8. The Balaban J connectivity index is 1.72. The Morgan fingerprint density at radius 1 is 1.24 bits per heavy atom. The Morgan fingerprint density at radius 2 is 1.94 bits per heavy atom. The van der Waals surface area contributed by atoms with Crippen LogP contribution in [0.5, 0.6) is 5.75 Å². The number of alkyl carbamates (subject to hydrolysis) is 1. The number of ether oxygens (including phenoxy) is 3. The largest absolute Gasteiger partial charge is 0.492 e. The monoisotopic (exact) mass is 464 g/mol. The molecule has 1 N–H and O–H groups in total. The molecule has 1 aliphatic heterocycles. The average Bonchev–Trinajstić information content (AvgIpc) is 3.30. The van der Waals surface area contributed by atoms with Gasteiger partial charge in [-0.2, -0.15) is 0 Å². The van der Waals surface area contributed by atoms with Crippen LogP contribution < -0.4 is 15.0 Å². The molecule has 1 aromatic rings. The van der Waals surface area contributed by atoms with Crippen molar-refractivity contribution >= 4 is 23.5 Å². The molecule has 1 atom stereocenters. The number of carbonyl (C=O) groups is 3. The summed E-state index contributed by atoms with van der Waals surface area (Å²) in [7, 11) is 1.35. The Hall–Kier alpha value is -2.84. The van der Waals surface area contributed by atoms with Crippen LogP contribution in [-0.4, -0.2) is 55.8 Å². The summed E-state index contributed by atoms with van der Waals surface area (Å²) in [6, 6.07) is 3.03. The molecule has 2 fully saturated rings. The lowest BCUT2D eigenvalue weighted by molar-refractivity contribution is -0.141. The Morgan fingerprint density at radius 3 is 2.52 bits per heavy atom. The summed E-state index contributed by atoms with van der Waals surface area (Å²) < 4.78 is 30.7. The molecule has 0 unspecified atom stereocenters. The molecule has 0 bridgehead atoms. The van der Waals surface area contributed by atoms with E-state index >= 15 is 4.39 Å². The Labute approximate surface area is 193 Å². The minimum atomic E-state index is -0.791. The number of ketones is 1. The highest BCUT2D eigenvalue weighted by Gasteiger charge is 2.53. The molecule has 182 valence electrons. The van der Waals surface area contributed by atoms with E-state index < -0.39 is 35.7 Å². The maximum atomic E-state index is 15.1. The molecule has 1 saturated carbocycles. The highest BCUT2D eigenvalue weighted by Crippen LogP contribution is 2.48. The zero-order chi connectivity index (χ0) is 24.4. The van der Waals surface area contributed by atoms with E-state index in [1.165, 1.54) is 13.2 Å². The van der Waals surface area contributed by atoms with E-state index in [2.05, 4.69) is 5.32 Å². The van der Waals surface area contributed by atoms with E-state index in [1.807, 2.05) is 25.7 Å². The molecule has 3 rings (SSSR count). The Bertz CT molecular complexity index is 922. The number of halogens is 1. The van der Waals surface area contributed by atoms with Gasteiger partial charge in [-0.3, -0.25) is 9.59 Å². The molecule has 1 saturated heterocycles. The van der Waals surface area contributed by atoms with Crippen molar-refractivity contribution in [2.45, 2.75) is 64.5 Å². The molecule has 2 aliphatic rings. The van der Waals surface area contributed by atoms with Crippen LogP contribution in [0.15, 0.2) is 12.1 Å². The number of benzene rings is 1. The van der Waals surface area contributed by atoms with Gasteiger partial charge in [0.05, 0.1) is 25.0 Å². The summed E-state index contributed by atoms with van der Waals surface area (Å²) >= 11 is 0. The van der Waals surface area contributed by atoms with E-state index in [9.17, 15) is 14.4 Å². The second-order valence-corrected chi connectivity index (χ2v) is 9.60. The molecule has 1 amide bonds. The molecule has 0 spiro atoms. The van der Waals surface area contributed by atoms with E-state index in [0.29, 0.717) is 18.8 Å². The summed E-state index contributed by atoms with van der Waals surface area (Å²) in [6.45, 7) is 8.54. The maximum absolute atomic E-state index is 15.1. The first-order valence-corrected chi connectivity index (χ1v) is 11.3. The molecule has 1 aliphatic carbocycles. The predicted molar refractivity (Wildman–Crippen MR) is 120 cm³/mol. The van der Waals surface area contributed by atoms with Crippen LogP contribution in [-0.2, 0) is 14.3 Å². The lowest BCUT2D eigenvalue weighted by atomic mass is 9.96. The molecule has 1 aromatic carbocycles. The van der Waals surface area contributed by atoms with Crippen molar-refractivity contribution in [2.24, 2.45) is 5.92 Å². The van der Waals surface area contributed by atoms with Crippen molar-refractivity contribution in [1.29, 1.82) is 0 Å².